The molecule has 0 bridgehead atoms. The summed E-state index contributed by atoms with van der Waals surface area (Å²) in [6, 6.07) is 12.4. The minimum atomic E-state index is -0.610. The molecule has 0 radical (unpaired) electrons. The van der Waals surface area contributed by atoms with Gasteiger partial charge in [-0.2, -0.15) is 0 Å². The van der Waals surface area contributed by atoms with Gasteiger partial charge in [-0.3, -0.25) is 4.79 Å². The predicted molar refractivity (Wildman–Crippen MR) is 111 cm³/mol. The minimum absolute atomic E-state index is 0.279. The van der Waals surface area contributed by atoms with Crippen LogP contribution in [-0.2, 0) is 9.53 Å². The number of rotatable bonds is 7. The molecule has 0 saturated carbocycles. The van der Waals surface area contributed by atoms with Crippen molar-refractivity contribution in [2.24, 2.45) is 0 Å². The van der Waals surface area contributed by atoms with Crippen molar-refractivity contribution in [2.75, 3.05) is 44.1 Å². The Labute approximate surface area is 170 Å². The van der Waals surface area contributed by atoms with Crippen molar-refractivity contribution in [3.63, 3.8) is 0 Å². The number of carbonyl (C=O) groups excluding carboxylic acids is 2. The summed E-state index contributed by atoms with van der Waals surface area (Å²) in [7, 11) is 3.00. The number of nitrogens with one attached hydrogen (secondary N) is 1. The van der Waals surface area contributed by atoms with Crippen molar-refractivity contribution < 1.29 is 23.8 Å². The number of benzene rings is 2. The molecule has 0 aliphatic carbocycles. The molecular weight excluding hydrogens is 372 g/mol. The van der Waals surface area contributed by atoms with Gasteiger partial charge < -0.3 is 24.4 Å². The van der Waals surface area contributed by atoms with Crippen LogP contribution in [0.4, 0.5) is 11.4 Å². The third-order valence-electron chi connectivity index (χ3n) is 4.83. The molecule has 154 valence electrons. The molecule has 0 atom stereocenters. The van der Waals surface area contributed by atoms with Gasteiger partial charge in [-0.1, -0.05) is 0 Å². The Morgan fingerprint density at radius 3 is 2.28 bits per heavy atom. The minimum Gasteiger partial charge on any atom is -0.493 e. The molecule has 1 aliphatic heterocycles. The first-order chi connectivity index (χ1) is 14.1. The third kappa shape index (κ3) is 5.40. The maximum absolute atomic E-state index is 12.2. The fourth-order valence-corrected chi connectivity index (χ4v) is 3.28. The molecule has 0 spiro atoms. The lowest BCUT2D eigenvalue weighted by Gasteiger charge is -2.28. The van der Waals surface area contributed by atoms with Crippen LogP contribution in [0.3, 0.4) is 0 Å². The molecule has 2 aromatic rings. The molecule has 0 aromatic heterocycles. The summed E-state index contributed by atoms with van der Waals surface area (Å²) in [4.78, 5) is 26.6. The SMILES string of the molecule is COc1ccc(C(=O)OCC(=O)Nc2ccc(N3CCCCC3)cc2)cc1OC. The van der Waals surface area contributed by atoms with Gasteiger partial charge >= 0.3 is 5.97 Å². The topological polar surface area (TPSA) is 77.1 Å². The molecule has 3 rings (SSSR count). The van der Waals surface area contributed by atoms with E-state index in [0.717, 1.165) is 18.8 Å². The lowest BCUT2D eigenvalue weighted by molar-refractivity contribution is -0.119. The van der Waals surface area contributed by atoms with Crippen LogP contribution < -0.4 is 19.7 Å². The van der Waals surface area contributed by atoms with Gasteiger partial charge in [0.05, 0.1) is 19.8 Å². The number of anilines is 2. The highest BCUT2D eigenvalue weighted by atomic mass is 16.5. The summed E-state index contributed by atoms with van der Waals surface area (Å²) in [5, 5.41) is 2.74. The highest BCUT2D eigenvalue weighted by Gasteiger charge is 2.14. The highest BCUT2D eigenvalue weighted by Crippen LogP contribution is 2.27. The normalized spacial score (nSPS) is 13.5. The number of hydrogen-bond acceptors (Lipinski definition) is 6. The zero-order valence-electron chi connectivity index (χ0n) is 16.8. The summed E-state index contributed by atoms with van der Waals surface area (Å²) in [6.07, 6.45) is 3.71. The summed E-state index contributed by atoms with van der Waals surface area (Å²) in [5.41, 5.74) is 2.10. The smallest absolute Gasteiger partial charge is 0.338 e. The average Bonchev–Trinajstić information content (AvgIpc) is 2.78. The van der Waals surface area contributed by atoms with Crippen molar-refractivity contribution >= 4 is 23.3 Å². The first-order valence-electron chi connectivity index (χ1n) is 9.64. The van der Waals surface area contributed by atoms with Gasteiger partial charge in [-0.05, 0) is 61.7 Å². The number of ether oxygens (including phenoxy) is 3. The second-order valence-corrected chi connectivity index (χ2v) is 6.79. The van der Waals surface area contributed by atoms with Gasteiger partial charge in [-0.15, -0.1) is 0 Å². The average molecular weight is 398 g/mol. The molecule has 1 amide bonds. The van der Waals surface area contributed by atoms with Crippen LogP contribution in [0.2, 0.25) is 0 Å². The van der Waals surface area contributed by atoms with Gasteiger partial charge in [0.2, 0.25) is 0 Å². The zero-order chi connectivity index (χ0) is 20.6. The van der Waals surface area contributed by atoms with E-state index >= 15 is 0 Å². The van der Waals surface area contributed by atoms with E-state index in [1.807, 2.05) is 24.3 Å². The molecular formula is C22H26N2O5. The predicted octanol–water partition coefficient (Wildman–Crippen LogP) is 3.49. The van der Waals surface area contributed by atoms with Crippen LogP contribution in [0.25, 0.3) is 0 Å². The van der Waals surface area contributed by atoms with Gasteiger partial charge in [0.25, 0.3) is 5.91 Å². The van der Waals surface area contributed by atoms with E-state index < -0.39 is 11.9 Å². The molecule has 2 aromatic carbocycles. The standard InChI is InChI=1S/C22H26N2O5/c1-27-19-11-6-16(14-20(19)28-2)22(26)29-15-21(25)23-17-7-9-18(10-8-17)24-12-4-3-5-13-24/h6-11,14H,3-5,12-13,15H2,1-2H3,(H,23,25). The van der Waals surface area contributed by atoms with Crippen molar-refractivity contribution in [3.05, 3.63) is 48.0 Å². The molecule has 7 heteroatoms. The molecule has 0 unspecified atom stereocenters. The zero-order valence-corrected chi connectivity index (χ0v) is 16.8. The van der Waals surface area contributed by atoms with Crippen LogP contribution in [0.1, 0.15) is 29.6 Å². The quantitative estimate of drug-likeness (QED) is 0.720. The lowest BCUT2D eigenvalue weighted by atomic mass is 10.1. The number of hydrogen-bond donors (Lipinski definition) is 1. The Morgan fingerprint density at radius 2 is 1.62 bits per heavy atom. The van der Waals surface area contributed by atoms with Crippen LogP contribution in [0, 0.1) is 0 Å². The number of nitrogens with zero attached hydrogens (tertiary/aromatic N) is 1. The van der Waals surface area contributed by atoms with E-state index in [0.29, 0.717) is 17.2 Å². The Bertz CT molecular complexity index is 845. The second kappa shape index (κ2) is 9.82. The molecule has 1 heterocycles. The van der Waals surface area contributed by atoms with E-state index in [4.69, 9.17) is 14.2 Å². The fraction of sp³-hybridized carbons (Fsp3) is 0.364. The highest BCUT2D eigenvalue weighted by molar-refractivity contribution is 5.95. The Hall–Kier alpha value is -3.22. The Morgan fingerprint density at radius 1 is 0.931 bits per heavy atom. The van der Waals surface area contributed by atoms with Crippen LogP contribution in [-0.4, -0.2) is 45.8 Å². The first kappa shape index (κ1) is 20.5. The second-order valence-electron chi connectivity index (χ2n) is 6.79. The number of esters is 1. The van der Waals surface area contributed by atoms with Gasteiger partial charge in [0.15, 0.2) is 18.1 Å². The molecule has 29 heavy (non-hydrogen) atoms. The molecule has 1 aliphatic rings. The number of amides is 1. The number of methoxy groups -OCH3 is 2. The van der Waals surface area contributed by atoms with E-state index in [1.165, 1.54) is 39.5 Å². The van der Waals surface area contributed by atoms with E-state index in [2.05, 4.69) is 10.2 Å². The van der Waals surface area contributed by atoms with Gasteiger partial charge in [-0.25, -0.2) is 4.79 Å². The fourth-order valence-electron chi connectivity index (χ4n) is 3.28. The number of carbonyl (C=O) groups is 2. The Kier molecular flexibility index (Phi) is 6.94. The molecule has 1 N–H and O–H groups in total. The molecule has 7 nitrogen and oxygen atoms in total. The van der Waals surface area contributed by atoms with E-state index in [1.54, 1.807) is 12.1 Å². The van der Waals surface area contributed by atoms with E-state index in [-0.39, 0.29) is 12.2 Å². The molecule has 1 fully saturated rings. The van der Waals surface area contributed by atoms with Crippen LogP contribution >= 0.6 is 0 Å². The monoisotopic (exact) mass is 398 g/mol. The van der Waals surface area contributed by atoms with Crippen LogP contribution in [0.15, 0.2) is 42.5 Å². The lowest BCUT2D eigenvalue weighted by Crippen LogP contribution is -2.29. The maximum atomic E-state index is 12.2. The van der Waals surface area contributed by atoms with Crippen molar-refractivity contribution in [1.82, 2.24) is 0 Å². The maximum Gasteiger partial charge on any atom is 0.338 e. The Balaban J connectivity index is 1.51. The van der Waals surface area contributed by atoms with Crippen LogP contribution in [0.5, 0.6) is 11.5 Å². The largest absolute Gasteiger partial charge is 0.493 e. The molecule has 1 saturated heterocycles. The number of piperidine rings is 1. The summed E-state index contributed by atoms with van der Waals surface area (Å²) in [5.74, 6) is -0.0823. The van der Waals surface area contributed by atoms with Crippen molar-refractivity contribution in [3.8, 4) is 11.5 Å². The first-order valence-corrected chi connectivity index (χ1v) is 9.64. The van der Waals surface area contributed by atoms with Gasteiger partial charge in [0, 0.05) is 24.5 Å². The summed E-state index contributed by atoms with van der Waals surface area (Å²) in [6.45, 7) is 1.76. The third-order valence-corrected chi connectivity index (χ3v) is 4.83. The summed E-state index contributed by atoms with van der Waals surface area (Å²) < 4.78 is 15.4. The van der Waals surface area contributed by atoms with Crippen molar-refractivity contribution in [1.29, 1.82) is 0 Å². The summed E-state index contributed by atoms with van der Waals surface area (Å²) >= 11 is 0. The van der Waals surface area contributed by atoms with E-state index in [9.17, 15) is 9.59 Å². The van der Waals surface area contributed by atoms with Gasteiger partial charge in [0.1, 0.15) is 0 Å². The van der Waals surface area contributed by atoms with Crippen molar-refractivity contribution in [2.45, 2.75) is 19.3 Å².